The van der Waals surface area contributed by atoms with Crippen LogP contribution in [0.3, 0.4) is 0 Å². The Morgan fingerprint density at radius 1 is 0.718 bits per heavy atom. The average Bonchev–Trinajstić information content (AvgIpc) is 2.89. The van der Waals surface area contributed by atoms with Crippen LogP contribution in [-0.2, 0) is 14.4 Å². The lowest BCUT2D eigenvalue weighted by Crippen LogP contribution is -2.18. The van der Waals surface area contributed by atoms with E-state index in [2.05, 4.69) is 33.2 Å². The summed E-state index contributed by atoms with van der Waals surface area (Å²) in [6.45, 7) is 19.0. The largest absolute Gasteiger partial charge is 0.300 e. The standard InChI is InChI=1S/C18H30O2.C18H28O/c1-4-6-8-10-12-17(19)14-16(3)15-18(20)13-11-9-7-5-2;1-4-6-8-10-11-16-13-15(3)14-18(19)17(16)12-9-7-5-2/h4-5,16H,1-2,6-15H2,3H3;4-5,15H,1-2,6-14H2,3H3. The lowest BCUT2D eigenvalue weighted by Gasteiger charge is -2.24. The van der Waals surface area contributed by atoms with Crippen LogP contribution in [0.15, 0.2) is 61.8 Å². The first kappa shape index (κ1) is 36.7. The first-order valence-corrected chi connectivity index (χ1v) is 15.5. The first-order valence-electron chi connectivity index (χ1n) is 15.5. The molecular weight excluding hydrogens is 480 g/mol. The highest BCUT2D eigenvalue weighted by molar-refractivity contribution is 5.97. The molecule has 1 unspecified atom stereocenters. The predicted molar refractivity (Wildman–Crippen MR) is 169 cm³/mol. The number of ketones is 3. The normalized spacial score (nSPS) is 14.9. The second kappa shape index (κ2) is 24.7. The van der Waals surface area contributed by atoms with Crippen LogP contribution in [0.2, 0.25) is 0 Å². The third kappa shape index (κ3) is 20.3. The molecule has 39 heavy (non-hydrogen) atoms. The molecule has 0 fully saturated rings. The number of carbonyl (C=O) groups is 3. The number of allylic oxidation sites excluding steroid dienone is 6. The van der Waals surface area contributed by atoms with E-state index in [1.54, 1.807) is 0 Å². The Morgan fingerprint density at radius 2 is 1.18 bits per heavy atom. The van der Waals surface area contributed by atoms with E-state index in [0.717, 1.165) is 89.0 Å². The van der Waals surface area contributed by atoms with Crippen LogP contribution in [0.5, 0.6) is 0 Å². The van der Waals surface area contributed by atoms with Gasteiger partial charge in [-0.3, -0.25) is 14.4 Å². The van der Waals surface area contributed by atoms with E-state index in [0.29, 0.717) is 49.0 Å². The van der Waals surface area contributed by atoms with Gasteiger partial charge in [0, 0.05) is 32.1 Å². The van der Waals surface area contributed by atoms with E-state index < -0.39 is 0 Å². The van der Waals surface area contributed by atoms with Crippen LogP contribution in [0.1, 0.15) is 136 Å². The van der Waals surface area contributed by atoms with Gasteiger partial charge in [-0.1, -0.05) is 43.7 Å². The van der Waals surface area contributed by atoms with Gasteiger partial charge in [0.1, 0.15) is 11.6 Å². The molecule has 0 heterocycles. The van der Waals surface area contributed by atoms with Crippen LogP contribution in [0.4, 0.5) is 0 Å². The van der Waals surface area contributed by atoms with Crippen molar-refractivity contribution in [3.63, 3.8) is 0 Å². The van der Waals surface area contributed by atoms with Gasteiger partial charge in [0.15, 0.2) is 5.78 Å². The van der Waals surface area contributed by atoms with Crippen molar-refractivity contribution in [1.29, 1.82) is 0 Å². The minimum Gasteiger partial charge on any atom is -0.300 e. The number of rotatable bonds is 23. The maximum atomic E-state index is 12.2. The number of carbonyl (C=O) groups excluding carboxylic acids is 3. The van der Waals surface area contributed by atoms with Crippen LogP contribution in [-0.4, -0.2) is 17.3 Å². The van der Waals surface area contributed by atoms with Crippen molar-refractivity contribution in [2.24, 2.45) is 11.8 Å². The lowest BCUT2D eigenvalue weighted by atomic mass is 9.80. The summed E-state index contributed by atoms with van der Waals surface area (Å²) >= 11 is 0. The minimum atomic E-state index is 0.189. The Morgan fingerprint density at radius 3 is 1.67 bits per heavy atom. The Kier molecular flexibility index (Phi) is 23.3. The number of Topliss-reactive ketones (excluding diaryl/α,β-unsaturated/α-hetero) is 3. The van der Waals surface area contributed by atoms with Crippen LogP contribution >= 0.6 is 0 Å². The van der Waals surface area contributed by atoms with Crippen molar-refractivity contribution in [3.05, 3.63) is 61.8 Å². The van der Waals surface area contributed by atoms with Gasteiger partial charge in [-0.25, -0.2) is 0 Å². The second-order valence-corrected chi connectivity index (χ2v) is 11.4. The highest BCUT2D eigenvalue weighted by atomic mass is 16.1. The summed E-state index contributed by atoms with van der Waals surface area (Å²) in [5, 5.41) is 0. The number of unbranched alkanes of at least 4 members (excludes halogenated alkanes) is 7. The van der Waals surface area contributed by atoms with Crippen LogP contribution < -0.4 is 0 Å². The molecule has 0 spiro atoms. The fraction of sp³-hybridized carbons (Fsp3) is 0.639. The molecule has 1 aliphatic rings. The molecule has 0 aromatic carbocycles. The molecule has 0 aromatic heterocycles. The SMILES string of the molecule is C=CCCCCC(=O)CC(C)CC(=O)CCCCC=C.C=CCCCCC1=C(CCCC=C)C(=O)CC(C)C1. The maximum Gasteiger partial charge on any atom is 0.159 e. The Bertz CT molecular complexity index is 755. The van der Waals surface area contributed by atoms with E-state index in [1.165, 1.54) is 18.4 Å². The summed E-state index contributed by atoms with van der Waals surface area (Å²) in [6, 6.07) is 0. The second-order valence-electron chi connectivity index (χ2n) is 11.4. The molecule has 0 amide bonds. The fourth-order valence-electron chi connectivity index (χ4n) is 5.15. The van der Waals surface area contributed by atoms with E-state index in [9.17, 15) is 14.4 Å². The highest BCUT2D eigenvalue weighted by Gasteiger charge is 2.24. The van der Waals surface area contributed by atoms with Crippen LogP contribution in [0, 0.1) is 11.8 Å². The predicted octanol–water partition coefficient (Wildman–Crippen LogP) is 10.4. The Balaban J connectivity index is 0.000000741. The minimum absolute atomic E-state index is 0.189. The smallest absolute Gasteiger partial charge is 0.159 e. The molecule has 0 aromatic rings. The fourth-order valence-corrected chi connectivity index (χ4v) is 5.15. The summed E-state index contributed by atoms with van der Waals surface area (Å²) in [4.78, 5) is 35.7. The van der Waals surface area contributed by atoms with Crippen molar-refractivity contribution >= 4 is 17.3 Å². The molecule has 0 bridgehead atoms. The van der Waals surface area contributed by atoms with Crippen molar-refractivity contribution in [2.45, 2.75) is 136 Å². The van der Waals surface area contributed by atoms with Gasteiger partial charge in [0.05, 0.1) is 0 Å². The first-order chi connectivity index (χ1) is 18.8. The van der Waals surface area contributed by atoms with Gasteiger partial charge in [-0.2, -0.15) is 0 Å². The maximum absolute atomic E-state index is 12.2. The summed E-state index contributed by atoms with van der Waals surface area (Å²) in [5.41, 5.74) is 2.59. The quantitative estimate of drug-likeness (QED) is 0.0960. The summed E-state index contributed by atoms with van der Waals surface area (Å²) < 4.78 is 0. The Labute approximate surface area is 241 Å². The van der Waals surface area contributed by atoms with Crippen molar-refractivity contribution < 1.29 is 14.4 Å². The molecule has 0 aliphatic heterocycles. The molecule has 1 atom stereocenters. The summed E-state index contributed by atoms with van der Waals surface area (Å²) in [6.07, 6.45) is 25.5. The van der Waals surface area contributed by atoms with E-state index >= 15 is 0 Å². The molecular formula is C36H58O3. The molecule has 0 saturated carbocycles. The lowest BCUT2D eigenvalue weighted by molar-refractivity contribution is -0.122. The average molecular weight is 539 g/mol. The monoisotopic (exact) mass is 538 g/mol. The molecule has 1 aliphatic carbocycles. The van der Waals surface area contributed by atoms with Gasteiger partial charge in [-0.05, 0) is 107 Å². The summed E-state index contributed by atoms with van der Waals surface area (Å²) in [5.74, 6) is 1.71. The van der Waals surface area contributed by atoms with Crippen molar-refractivity contribution in [3.8, 4) is 0 Å². The van der Waals surface area contributed by atoms with Crippen molar-refractivity contribution in [1.82, 2.24) is 0 Å². The van der Waals surface area contributed by atoms with Gasteiger partial charge in [0.25, 0.3) is 0 Å². The molecule has 220 valence electrons. The zero-order chi connectivity index (χ0) is 29.3. The van der Waals surface area contributed by atoms with Gasteiger partial charge >= 0.3 is 0 Å². The van der Waals surface area contributed by atoms with Gasteiger partial charge < -0.3 is 0 Å². The molecule has 1 rings (SSSR count). The Hall–Kier alpha value is -2.29. The molecule has 0 radical (unpaired) electrons. The zero-order valence-corrected chi connectivity index (χ0v) is 25.5. The van der Waals surface area contributed by atoms with E-state index in [4.69, 9.17) is 0 Å². The number of hydrogen-bond donors (Lipinski definition) is 0. The van der Waals surface area contributed by atoms with Gasteiger partial charge in [-0.15, -0.1) is 26.3 Å². The molecule has 0 N–H and O–H groups in total. The number of hydrogen-bond acceptors (Lipinski definition) is 3. The topological polar surface area (TPSA) is 51.2 Å². The van der Waals surface area contributed by atoms with Gasteiger partial charge in [0.2, 0.25) is 0 Å². The molecule has 3 heteroatoms. The molecule has 0 saturated heterocycles. The van der Waals surface area contributed by atoms with Crippen molar-refractivity contribution in [2.75, 3.05) is 0 Å². The highest BCUT2D eigenvalue weighted by Crippen LogP contribution is 2.32. The third-order valence-corrected chi connectivity index (χ3v) is 7.24. The zero-order valence-electron chi connectivity index (χ0n) is 25.5. The summed E-state index contributed by atoms with van der Waals surface area (Å²) in [7, 11) is 0. The van der Waals surface area contributed by atoms with E-state index in [1.807, 2.05) is 31.2 Å². The molecule has 3 nitrogen and oxygen atoms in total. The van der Waals surface area contributed by atoms with Crippen LogP contribution in [0.25, 0.3) is 0 Å². The third-order valence-electron chi connectivity index (χ3n) is 7.24. The van der Waals surface area contributed by atoms with E-state index in [-0.39, 0.29) is 5.92 Å².